The minimum absolute atomic E-state index is 0.0748. The van der Waals surface area contributed by atoms with E-state index in [0.717, 1.165) is 4.47 Å². The van der Waals surface area contributed by atoms with Crippen LogP contribution in [0.3, 0.4) is 0 Å². The summed E-state index contributed by atoms with van der Waals surface area (Å²) in [5, 5.41) is 0.0748. The quantitative estimate of drug-likeness (QED) is 0.701. The van der Waals surface area contributed by atoms with E-state index in [1.54, 1.807) is 24.3 Å². The van der Waals surface area contributed by atoms with Gasteiger partial charge in [0.1, 0.15) is 4.90 Å². The highest BCUT2D eigenvalue weighted by molar-refractivity contribution is 9.11. The minimum Gasteiger partial charge on any atom is -0.398 e. The number of nitrogen functional groups attached to an aromatic ring is 1. The van der Waals surface area contributed by atoms with Crippen molar-refractivity contribution in [3.05, 3.63) is 50.4 Å². The maximum Gasteiger partial charge on any atom is 0.265 e. The molecule has 2 aromatic rings. The molecule has 0 saturated heterocycles. The van der Waals surface area contributed by atoms with Crippen LogP contribution in [0.15, 0.2) is 50.2 Å². The standard InChI is InChI=1S/C12H9Br2ClN2O2S/c13-7-4-5-11(8(14)6-7)17-20(18,19)12-9(15)2-1-3-10(12)16/h1-6,17H,16H2. The molecule has 0 radical (unpaired) electrons. The summed E-state index contributed by atoms with van der Waals surface area (Å²) in [6.45, 7) is 0. The molecule has 0 aliphatic heterocycles. The van der Waals surface area contributed by atoms with Crippen molar-refractivity contribution in [1.82, 2.24) is 0 Å². The number of benzene rings is 2. The Morgan fingerprint density at radius 1 is 1.15 bits per heavy atom. The molecule has 0 atom stereocenters. The van der Waals surface area contributed by atoms with Crippen LogP contribution in [-0.2, 0) is 10.0 Å². The Kier molecular flexibility index (Phi) is 4.63. The fourth-order valence-electron chi connectivity index (χ4n) is 1.58. The number of nitrogens with two attached hydrogens (primary N) is 1. The fourth-order valence-corrected chi connectivity index (χ4v) is 4.61. The average Bonchev–Trinajstić information content (AvgIpc) is 2.32. The highest BCUT2D eigenvalue weighted by Gasteiger charge is 2.22. The van der Waals surface area contributed by atoms with Gasteiger partial charge in [0.25, 0.3) is 10.0 Å². The lowest BCUT2D eigenvalue weighted by Crippen LogP contribution is -2.15. The second-order valence-corrected chi connectivity index (χ2v) is 7.68. The van der Waals surface area contributed by atoms with E-state index in [9.17, 15) is 8.42 Å². The predicted octanol–water partition coefficient (Wildman–Crippen LogP) is 4.25. The van der Waals surface area contributed by atoms with Crippen LogP contribution < -0.4 is 10.5 Å². The van der Waals surface area contributed by atoms with Crippen molar-refractivity contribution in [3.63, 3.8) is 0 Å². The van der Waals surface area contributed by atoms with Crippen LogP contribution in [0, 0.1) is 0 Å². The molecule has 0 unspecified atom stereocenters. The molecule has 2 aromatic carbocycles. The zero-order valence-electron chi connectivity index (χ0n) is 9.90. The van der Waals surface area contributed by atoms with E-state index in [2.05, 4.69) is 36.6 Å². The first-order valence-corrected chi connectivity index (χ1v) is 8.78. The summed E-state index contributed by atoms with van der Waals surface area (Å²) in [5.41, 5.74) is 6.19. The van der Waals surface area contributed by atoms with E-state index in [1.807, 2.05) is 0 Å². The summed E-state index contributed by atoms with van der Waals surface area (Å²) in [4.78, 5) is -0.128. The summed E-state index contributed by atoms with van der Waals surface area (Å²) >= 11 is 12.5. The maximum absolute atomic E-state index is 12.4. The largest absolute Gasteiger partial charge is 0.398 e. The highest BCUT2D eigenvalue weighted by Crippen LogP contribution is 2.32. The zero-order chi connectivity index (χ0) is 14.9. The third-order valence-corrected chi connectivity index (χ3v) is 5.50. The van der Waals surface area contributed by atoms with Crippen molar-refractivity contribution in [2.45, 2.75) is 4.90 Å². The van der Waals surface area contributed by atoms with Gasteiger partial charge in [-0.2, -0.15) is 0 Å². The van der Waals surface area contributed by atoms with Gasteiger partial charge in [-0.15, -0.1) is 0 Å². The predicted molar refractivity (Wildman–Crippen MR) is 88.5 cm³/mol. The van der Waals surface area contributed by atoms with Crippen LogP contribution in [0.4, 0.5) is 11.4 Å². The molecule has 0 aliphatic carbocycles. The molecule has 2 rings (SSSR count). The van der Waals surface area contributed by atoms with Crippen LogP contribution in [0.1, 0.15) is 0 Å². The lowest BCUT2D eigenvalue weighted by Gasteiger charge is -2.12. The summed E-state index contributed by atoms with van der Waals surface area (Å²) in [5.74, 6) is 0. The molecule has 4 nitrogen and oxygen atoms in total. The van der Waals surface area contributed by atoms with Crippen LogP contribution in [0.2, 0.25) is 5.02 Å². The molecule has 0 saturated carbocycles. The SMILES string of the molecule is Nc1cccc(Cl)c1S(=O)(=O)Nc1ccc(Br)cc1Br. The van der Waals surface area contributed by atoms with E-state index in [-0.39, 0.29) is 15.6 Å². The molecule has 0 heterocycles. The summed E-state index contributed by atoms with van der Waals surface area (Å²) < 4.78 is 28.6. The Morgan fingerprint density at radius 3 is 2.45 bits per heavy atom. The fraction of sp³-hybridized carbons (Fsp3) is 0. The summed E-state index contributed by atoms with van der Waals surface area (Å²) in [6, 6.07) is 9.62. The molecule has 0 bridgehead atoms. The highest BCUT2D eigenvalue weighted by atomic mass is 79.9. The van der Waals surface area contributed by atoms with Crippen molar-refractivity contribution < 1.29 is 8.42 Å². The van der Waals surface area contributed by atoms with Crippen molar-refractivity contribution in [2.75, 3.05) is 10.5 Å². The van der Waals surface area contributed by atoms with Gasteiger partial charge in [-0.05, 0) is 46.3 Å². The number of rotatable bonds is 3. The first-order chi connectivity index (χ1) is 9.31. The molecular weight excluding hydrogens is 431 g/mol. The lowest BCUT2D eigenvalue weighted by molar-refractivity contribution is 0.601. The van der Waals surface area contributed by atoms with Gasteiger partial charge in [0.2, 0.25) is 0 Å². The van der Waals surface area contributed by atoms with E-state index in [0.29, 0.717) is 10.2 Å². The van der Waals surface area contributed by atoms with Gasteiger partial charge in [0.15, 0.2) is 0 Å². The van der Waals surface area contributed by atoms with Gasteiger partial charge in [-0.25, -0.2) is 8.42 Å². The Balaban J connectivity index is 2.46. The molecule has 8 heteroatoms. The number of sulfonamides is 1. The average molecular weight is 441 g/mol. The molecule has 0 aromatic heterocycles. The van der Waals surface area contributed by atoms with Gasteiger partial charge in [-0.3, -0.25) is 4.72 Å². The van der Waals surface area contributed by atoms with Crippen LogP contribution in [-0.4, -0.2) is 8.42 Å². The second-order valence-electron chi connectivity index (χ2n) is 3.89. The molecule has 0 fully saturated rings. The van der Waals surface area contributed by atoms with Gasteiger partial charge >= 0.3 is 0 Å². The van der Waals surface area contributed by atoms with Gasteiger partial charge in [-0.1, -0.05) is 33.6 Å². The minimum atomic E-state index is -3.86. The molecular formula is C12H9Br2ClN2O2S. The monoisotopic (exact) mass is 438 g/mol. The number of anilines is 2. The van der Waals surface area contributed by atoms with Crippen LogP contribution >= 0.6 is 43.5 Å². The Hall–Kier alpha value is -0.760. The van der Waals surface area contributed by atoms with Crippen molar-refractivity contribution in [3.8, 4) is 0 Å². The van der Waals surface area contributed by atoms with Crippen molar-refractivity contribution in [1.29, 1.82) is 0 Å². The van der Waals surface area contributed by atoms with Gasteiger partial charge in [0.05, 0.1) is 16.4 Å². The van der Waals surface area contributed by atoms with Crippen molar-refractivity contribution >= 4 is 64.9 Å². The van der Waals surface area contributed by atoms with E-state index >= 15 is 0 Å². The third kappa shape index (κ3) is 3.28. The number of nitrogens with one attached hydrogen (secondary N) is 1. The smallest absolute Gasteiger partial charge is 0.265 e. The molecule has 20 heavy (non-hydrogen) atoms. The normalized spacial score (nSPS) is 11.3. The zero-order valence-corrected chi connectivity index (χ0v) is 14.6. The van der Waals surface area contributed by atoms with E-state index < -0.39 is 10.0 Å². The maximum atomic E-state index is 12.4. The first kappa shape index (κ1) is 15.6. The molecule has 106 valence electrons. The Bertz CT molecular complexity index is 746. The Labute approximate surface area is 138 Å². The van der Waals surface area contributed by atoms with Gasteiger partial charge < -0.3 is 5.73 Å². The number of hydrogen-bond acceptors (Lipinski definition) is 3. The molecule has 0 spiro atoms. The molecule has 3 N–H and O–H groups in total. The summed E-state index contributed by atoms with van der Waals surface area (Å²) in [6.07, 6.45) is 0. The second kappa shape index (κ2) is 5.93. The number of hydrogen-bond donors (Lipinski definition) is 2. The lowest BCUT2D eigenvalue weighted by atomic mass is 10.3. The van der Waals surface area contributed by atoms with Gasteiger partial charge in [0, 0.05) is 8.95 Å². The molecule has 0 aliphatic rings. The van der Waals surface area contributed by atoms with E-state index in [1.165, 1.54) is 12.1 Å². The number of halogens is 3. The van der Waals surface area contributed by atoms with E-state index in [4.69, 9.17) is 17.3 Å². The van der Waals surface area contributed by atoms with Crippen LogP contribution in [0.5, 0.6) is 0 Å². The Morgan fingerprint density at radius 2 is 1.85 bits per heavy atom. The first-order valence-electron chi connectivity index (χ1n) is 5.33. The topological polar surface area (TPSA) is 72.2 Å². The summed E-state index contributed by atoms with van der Waals surface area (Å²) in [7, 11) is -3.86. The molecule has 0 amide bonds. The van der Waals surface area contributed by atoms with Crippen LogP contribution in [0.25, 0.3) is 0 Å². The van der Waals surface area contributed by atoms with Crippen molar-refractivity contribution in [2.24, 2.45) is 0 Å². The third-order valence-electron chi connectivity index (χ3n) is 2.44.